The van der Waals surface area contributed by atoms with Crippen molar-refractivity contribution >= 4 is 29.3 Å². The molecule has 0 bridgehead atoms. The summed E-state index contributed by atoms with van der Waals surface area (Å²) >= 11 is 0. The van der Waals surface area contributed by atoms with Crippen molar-refractivity contribution in [1.82, 2.24) is 25.1 Å². The van der Waals surface area contributed by atoms with Crippen molar-refractivity contribution in [2.24, 2.45) is 0 Å². The summed E-state index contributed by atoms with van der Waals surface area (Å²) in [7, 11) is 7.07. The number of nitriles is 1. The fourth-order valence-corrected chi connectivity index (χ4v) is 3.24. The van der Waals surface area contributed by atoms with Crippen LogP contribution in [0.5, 0.6) is 0 Å². The van der Waals surface area contributed by atoms with E-state index in [9.17, 15) is 9.59 Å². The largest absolute Gasteiger partial charge is 0.383 e. The molecule has 3 N–H and O–H groups in total. The van der Waals surface area contributed by atoms with E-state index in [0.29, 0.717) is 62.0 Å². The van der Waals surface area contributed by atoms with Gasteiger partial charge in [0, 0.05) is 52.0 Å². The number of likely N-dealkylation sites (N-methyl/N-ethyl adjacent to an activating group) is 2. The molecule has 0 aliphatic rings. The minimum atomic E-state index is -0.586. The molecule has 212 valence electrons. The van der Waals surface area contributed by atoms with E-state index in [1.807, 2.05) is 19.0 Å². The Morgan fingerprint density at radius 1 is 1.18 bits per heavy atom. The molecule has 2 amide bonds. The highest BCUT2D eigenvalue weighted by atomic mass is 16.5. The Labute approximate surface area is 236 Å². The first kappa shape index (κ1) is 31.8. The molecule has 0 saturated heterocycles. The number of benzene rings is 1. The molecule has 1 atom stereocenters. The first-order valence-corrected chi connectivity index (χ1v) is 13.0. The number of nitrogens with zero attached hydrogens (tertiary/aromatic N) is 5. The van der Waals surface area contributed by atoms with Gasteiger partial charge in [0.25, 0.3) is 0 Å². The molecule has 1 aromatic heterocycles. The number of unbranched alkanes of at least 4 members (excludes halogenated alkanes) is 1. The Morgan fingerprint density at radius 2 is 1.93 bits per heavy atom. The zero-order chi connectivity index (χ0) is 29.3. The predicted molar refractivity (Wildman–Crippen MR) is 156 cm³/mol. The number of aromatic nitrogens is 2. The molecule has 11 heteroatoms. The normalized spacial score (nSPS) is 11.3. The standard InChI is InChI=1S/C29H38N8O3/c1-22(37(4)26(38)11-9-18-36(2)3)28(39)32-16-8-6-7-10-24-21-33-29(35-27(24)31-17-19-40-5)34-25-14-12-23(20-30)13-15-25/h9,11-15,21-22H,6,8,16-19H2,1-5H3,(H,32,39)(H2,31,33,34,35)/t22-/m0/s1. The van der Waals surface area contributed by atoms with Crippen LogP contribution in [-0.2, 0) is 14.3 Å². The summed E-state index contributed by atoms with van der Waals surface area (Å²) in [5.74, 6) is 6.74. The highest BCUT2D eigenvalue weighted by molar-refractivity contribution is 5.92. The van der Waals surface area contributed by atoms with Crippen LogP contribution >= 0.6 is 0 Å². The molecule has 11 nitrogen and oxygen atoms in total. The smallest absolute Gasteiger partial charge is 0.246 e. The number of methoxy groups -OCH3 is 1. The summed E-state index contributed by atoms with van der Waals surface area (Å²) in [4.78, 5) is 37.0. The minimum Gasteiger partial charge on any atom is -0.383 e. The molecular weight excluding hydrogens is 508 g/mol. The molecule has 1 aromatic carbocycles. The van der Waals surface area contributed by atoms with Gasteiger partial charge in [0.15, 0.2) is 0 Å². The van der Waals surface area contributed by atoms with Crippen LogP contribution < -0.4 is 16.0 Å². The van der Waals surface area contributed by atoms with E-state index in [1.54, 1.807) is 57.6 Å². The van der Waals surface area contributed by atoms with Gasteiger partial charge in [0.05, 0.1) is 30.0 Å². The average Bonchev–Trinajstić information content (AvgIpc) is 2.95. The van der Waals surface area contributed by atoms with Crippen LogP contribution in [-0.4, -0.2) is 92.1 Å². The second-order valence-electron chi connectivity index (χ2n) is 9.18. The number of amides is 2. The third-order valence-corrected chi connectivity index (χ3v) is 5.70. The summed E-state index contributed by atoms with van der Waals surface area (Å²) in [5.41, 5.74) is 1.97. The number of nitrogens with one attached hydrogen (secondary N) is 3. The van der Waals surface area contributed by atoms with E-state index in [4.69, 9.17) is 10.00 Å². The van der Waals surface area contributed by atoms with Crippen LogP contribution in [0.4, 0.5) is 17.5 Å². The van der Waals surface area contributed by atoms with Gasteiger partial charge in [-0.25, -0.2) is 4.98 Å². The molecular formula is C29H38N8O3. The summed E-state index contributed by atoms with van der Waals surface area (Å²) in [6.45, 7) is 3.84. The lowest BCUT2D eigenvalue weighted by molar-refractivity contribution is -0.135. The maximum atomic E-state index is 12.5. The zero-order valence-corrected chi connectivity index (χ0v) is 23.8. The van der Waals surface area contributed by atoms with Crippen molar-refractivity contribution in [3.8, 4) is 17.9 Å². The van der Waals surface area contributed by atoms with Crippen LogP contribution in [0.2, 0.25) is 0 Å². The molecule has 2 rings (SSSR count). The van der Waals surface area contributed by atoms with Crippen LogP contribution in [0.15, 0.2) is 42.6 Å². The topological polar surface area (TPSA) is 136 Å². The third-order valence-electron chi connectivity index (χ3n) is 5.70. The van der Waals surface area contributed by atoms with E-state index in [0.717, 1.165) is 5.69 Å². The molecule has 40 heavy (non-hydrogen) atoms. The average molecular weight is 547 g/mol. The van der Waals surface area contributed by atoms with E-state index in [2.05, 4.69) is 43.8 Å². The Bertz CT molecular complexity index is 1240. The number of carbonyl (C=O) groups is 2. The van der Waals surface area contributed by atoms with Gasteiger partial charge < -0.3 is 30.5 Å². The van der Waals surface area contributed by atoms with Gasteiger partial charge in [-0.1, -0.05) is 17.9 Å². The Morgan fingerprint density at radius 3 is 2.60 bits per heavy atom. The number of rotatable bonds is 14. The third kappa shape index (κ3) is 11.1. The van der Waals surface area contributed by atoms with Gasteiger partial charge in [0.1, 0.15) is 11.9 Å². The van der Waals surface area contributed by atoms with E-state index in [-0.39, 0.29) is 11.8 Å². The molecule has 0 fully saturated rings. The van der Waals surface area contributed by atoms with Crippen molar-refractivity contribution < 1.29 is 14.3 Å². The highest BCUT2D eigenvalue weighted by Gasteiger charge is 2.20. The Balaban J connectivity index is 1.90. The molecule has 1 heterocycles. The van der Waals surface area contributed by atoms with Crippen molar-refractivity contribution in [1.29, 1.82) is 5.26 Å². The lowest BCUT2D eigenvalue weighted by Gasteiger charge is -2.23. The van der Waals surface area contributed by atoms with E-state index in [1.165, 1.54) is 11.0 Å². The number of carbonyl (C=O) groups excluding carboxylic acids is 2. The lowest BCUT2D eigenvalue weighted by Crippen LogP contribution is -2.45. The minimum absolute atomic E-state index is 0.215. The van der Waals surface area contributed by atoms with Gasteiger partial charge in [-0.2, -0.15) is 10.2 Å². The Hall–Kier alpha value is -4.45. The maximum Gasteiger partial charge on any atom is 0.246 e. The number of hydrogen-bond acceptors (Lipinski definition) is 9. The van der Waals surface area contributed by atoms with Crippen molar-refractivity contribution in [3.05, 3.63) is 53.7 Å². The van der Waals surface area contributed by atoms with Crippen molar-refractivity contribution in [2.45, 2.75) is 25.8 Å². The number of hydrogen-bond donors (Lipinski definition) is 3. The fraction of sp³-hybridized carbons (Fsp3) is 0.414. The van der Waals surface area contributed by atoms with Gasteiger partial charge in [0.2, 0.25) is 17.8 Å². The van der Waals surface area contributed by atoms with Gasteiger partial charge >= 0.3 is 0 Å². The lowest BCUT2D eigenvalue weighted by atomic mass is 10.2. The summed E-state index contributed by atoms with van der Waals surface area (Å²) in [6, 6.07) is 8.50. The quantitative estimate of drug-likeness (QED) is 0.185. The molecule has 2 aromatic rings. The van der Waals surface area contributed by atoms with Crippen molar-refractivity contribution in [2.75, 3.05) is 65.1 Å². The highest BCUT2D eigenvalue weighted by Crippen LogP contribution is 2.17. The van der Waals surface area contributed by atoms with Crippen molar-refractivity contribution in [3.63, 3.8) is 0 Å². The molecule has 0 spiro atoms. The van der Waals surface area contributed by atoms with Crippen LogP contribution in [0.1, 0.15) is 30.9 Å². The molecule has 0 aliphatic carbocycles. The summed E-state index contributed by atoms with van der Waals surface area (Å²) < 4.78 is 5.12. The van der Waals surface area contributed by atoms with Crippen LogP contribution in [0.3, 0.4) is 0 Å². The predicted octanol–water partition coefficient (Wildman–Crippen LogP) is 2.36. The molecule has 0 radical (unpaired) electrons. The monoisotopic (exact) mass is 546 g/mol. The van der Waals surface area contributed by atoms with Gasteiger partial charge in [-0.3, -0.25) is 9.59 Å². The van der Waals surface area contributed by atoms with Gasteiger partial charge in [-0.05, 0) is 51.7 Å². The maximum absolute atomic E-state index is 12.5. The summed E-state index contributed by atoms with van der Waals surface area (Å²) in [6.07, 6.45) is 6.10. The first-order chi connectivity index (χ1) is 19.2. The van der Waals surface area contributed by atoms with E-state index >= 15 is 0 Å². The summed E-state index contributed by atoms with van der Waals surface area (Å²) in [5, 5.41) is 18.2. The second-order valence-corrected chi connectivity index (χ2v) is 9.18. The molecule has 0 aliphatic heterocycles. The second kappa shape index (κ2) is 17.2. The Kier molecular flexibility index (Phi) is 13.7. The van der Waals surface area contributed by atoms with Crippen LogP contribution in [0, 0.1) is 23.2 Å². The number of ether oxygens (including phenoxy) is 1. The number of anilines is 3. The SMILES string of the molecule is COCCNc1nc(Nc2ccc(C#N)cc2)ncc1C#CCCCNC(=O)[C@H](C)N(C)C(=O)C=CCN(C)C. The van der Waals surface area contributed by atoms with E-state index < -0.39 is 6.04 Å². The zero-order valence-electron chi connectivity index (χ0n) is 23.8. The fourth-order valence-electron chi connectivity index (χ4n) is 3.24. The molecule has 0 unspecified atom stereocenters. The van der Waals surface area contributed by atoms with Gasteiger partial charge in [-0.15, -0.1) is 0 Å². The van der Waals surface area contributed by atoms with Crippen LogP contribution in [0.25, 0.3) is 0 Å². The first-order valence-electron chi connectivity index (χ1n) is 13.0. The molecule has 0 saturated carbocycles.